The zero-order chi connectivity index (χ0) is 27.7. The van der Waals surface area contributed by atoms with Gasteiger partial charge in [0.1, 0.15) is 22.9 Å². The quantitative estimate of drug-likeness (QED) is 0.317. The Hall–Kier alpha value is -3.50. The fraction of sp³-hybridized carbons (Fsp3) is 0.448. The standard InChI is InChI=1S/C29H36F2N8/c1-6-37-10-7-11-38(13-12-37)19(4)21-8-9-26(32-16-21)35-29-33-17-24(31)27(36-29)22-14-23(30)28-25(15-22)39(18(2)3)20(5)34-28/h8-9,14-19H,6-7,10-13H2,1-5H3,(H,32,33,35,36)/t19-/m0/s1. The molecule has 0 amide bonds. The highest BCUT2D eigenvalue weighted by atomic mass is 19.1. The maximum absolute atomic E-state index is 15.0. The molecule has 39 heavy (non-hydrogen) atoms. The number of halogens is 2. The van der Waals surface area contributed by atoms with Crippen LogP contribution in [0, 0.1) is 18.6 Å². The number of pyridine rings is 1. The number of benzene rings is 1. The van der Waals surface area contributed by atoms with Crippen LogP contribution in [0.2, 0.25) is 0 Å². The summed E-state index contributed by atoms with van der Waals surface area (Å²) < 4.78 is 31.8. The number of nitrogens with zero attached hydrogens (tertiary/aromatic N) is 7. The van der Waals surface area contributed by atoms with Gasteiger partial charge >= 0.3 is 0 Å². The van der Waals surface area contributed by atoms with Gasteiger partial charge in [0.05, 0.1) is 11.7 Å². The largest absolute Gasteiger partial charge is 0.326 e. The molecule has 0 spiro atoms. The zero-order valence-electron chi connectivity index (χ0n) is 23.2. The molecule has 206 valence electrons. The lowest BCUT2D eigenvalue weighted by atomic mass is 10.1. The molecule has 5 rings (SSSR count). The Morgan fingerprint density at radius 2 is 1.77 bits per heavy atom. The molecule has 3 aromatic heterocycles. The van der Waals surface area contributed by atoms with Gasteiger partial charge in [0.2, 0.25) is 5.95 Å². The van der Waals surface area contributed by atoms with Crippen molar-refractivity contribution in [1.82, 2.24) is 34.3 Å². The fourth-order valence-electron chi connectivity index (χ4n) is 5.43. The molecule has 4 aromatic rings. The lowest BCUT2D eigenvalue weighted by molar-refractivity contribution is 0.212. The van der Waals surface area contributed by atoms with Gasteiger partial charge < -0.3 is 14.8 Å². The molecular formula is C29H36F2N8. The maximum atomic E-state index is 15.0. The van der Waals surface area contributed by atoms with E-state index in [1.165, 1.54) is 6.07 Å². The van der Waals surface area contributed by atoms with Crippen LogP contribution in [0.15, 0.2) is 36.7 Å². The summed E-state index contributed by atoms with van der Waals surface area (Å²) in [4.78, 5) is 22.4. The van der Waals surface area contributed by atoms with Crippen molar-refractivity contribution in [3.05, 3.63) is 59.7 Å². The molecule has 1 atom stereocenters. The Labute approximate surface area is 228 Å². The molecule has 1 fully saturated rings. The van der Waals surface area contributed by atoms with E-state index in [0.717, 1.165) is 50.9 Å². The van der Waals surface area contributed by atoms with E-state index in [-0.39, 0.29) is 29.2 Å². The number of aryl methyl sites for hydroxylation is 1. The van der Waals surface area contributed by atoms with E-state index >= 15 is 0 Å². The summed E-state index contributed by atoms with van der Waals surface area (Å²) in [5, 5.41) is 3.06. The van der Waals surface area contributed by atoms with E-state index in [0.29, 0.717) is 22.7 Å². The molecule has 0 unspecified atom stereocenters. The van der Waals surface area contributed by atoms with E-state index in [1.54, 1.807) is 6.07 Å². The highest BCUT2D eigenvalue weighted by molar-refractivity contribution is 5.83. The maximum Gasteiger partial charge on any atom is 0.229 e. The first-order valence-corrected chi connectivity index (χ1v) is 13.7. The molecule has 0 bridgehead atoms. The summed E-state index contributed by atoms with van der Waals surface area (Å²) in [6.07, 6.45) is 4.11. The Balaban J connectivity index is 1.36. The third-order valence-corrected chi connectivity index (χ3v) is 7.59. The number of imidazole rings is 1. The zero-order valence-corrected chi connectivity index (χ0v) is 23.2. The van der Waals surface area contributed by atoms with Gasteiger partial charge in [-0.1, -0.05) is 13.0 Å². The van der Waals surface area contributed by atoms with Crippen LogP contribution in [-0.4, -0.2) is 67.0 Å². The van der Waals surface area contributed by atoms with Crippen LogP contribution in [-0.2, 0) is 0 Å². The van der Waals surface area contributed by atoms with Gasteiger partial charge in [-0.3, -0.25) is 4.90 Å². The van der Waals surface area contributed by atoms with Crippen LogP contribution in [0.3, 0.4) is 0 Å². The number of anilines is 2. The van der Waals surface area contributed by atoms with Crippen LogP contribution in [0.1, 0.15) is 57.6 Å². The average molecular weight is 535 g/mol. The first kappa shape index (κ1) is 27.1. The highest BCUT2D eigenvalue weighted by Crippen LogP contribution is 2.30. The van der Waals surface area contributed by atoms with Crippen LogP contribution in [0.25, 0.3) is 22.3 Å². The van der Waals surface area contributed by atoms with Crippen LogP contribution >= 0.6 is 0 Å². The average Bonchev–Trinajstić information content (AvgIpc) is 3.09. The third-order valence-electron chi connectivity index (χ3n) is 7.59. The van der Waals surface area contributed by atoms with Gasteiger partial charge in [-0.05, 0) is 71.0 Å². The summed E-state index contributed by atoms with van der Waals surface area (Å²) in [7, 11) is 0. The second-order valence-corrected chi connectivity index (χ2v) is 10.4. The number of fused-ring (bicyclic) bond motifs is 1. The predicted octanol–water partition coefficient (Wildman–Crippen LogP) is 5.89. The van der Waals surface area contributed by atoms with Gasteiger partial charge in [-0.2, -0.15) is 0 Å². The van der Waals surface area contributed by atoms with E-state index in [4.69, 9.17) is 0 Å². The second kappa shape index (κ2) is 11.3. The van der Waals surface area contributed by atoms with Gasteiger partial charge in [0.15, 0.2) is 11.6 Å². The van der Waals surface area contributed by atoms with Crippen molar-refractivity contribution in [2.24, 2.45) is 0 Å². The van der Waals surface area contributed by atoms with Crippen molar-refractivity contribution < 1.29 is 8.78 Å². The SMILES string of the molecule is CCN1CCCN([C@@H](C)c2ccc(Nc3ncc(F)c(-c4cc(F)c5nc(C)n(C(C)C)c5c4)n3)nc2)CC1. The Morgan fingerprint density at radius 1 is 0.949 bits per heavy atom. The van der Waals surface area contributed by atoms with Gasteiger partial charge in [0.25, 0.3) is 0 Å². The monoisotopic (exact) mass is 534 g/mol. The first-order chi connectivity index (χ1) is 18.7. The van der Waals surface area contributed by atoms with E-state index in [1.807, 2.05) is 43.7 Å². The number of nitrogens with one attached hydrogen (secondary N) is 1. The first-order valence-electron chi connectivity index (χ1n) is 13.7. The minimum Gasteiger partial charge on any atom is -0.326 e. The number of hydrogen-bond donors (Lipinski definition) is 1. The van der Waals surface area contributed by atoms with Gasteiger partial charge in [0, 0.05) is 43.5 Å². The smallest absolute Gasteiger partial charge is 0.229 e. The number of rotatable bonds is 7. The van der Waals surface area contributed by atoms with Gasteiger partial charge in [-0.25, -0.2) is 28.7 Å². The molecule has 0 saturated carbocycles. The highest BCUT2D eigenvalue weighted by Gasteiger charge is 2.21. The second-order valence-electron chi connectivity index (χ2n) is 10.4. The van der Waals surface area contributed by atoms with Crippen LogP contribution in [0.5, 0.6) is 0 Å². The van der Waals surface area contributed by atoms with Crippen LogP contribution < -0.4 is 5.32 Å². The molecule has 0 aliphatic carbocycles. The number of likely N-dealkylation sites (N-methyl/N-ethyl adjacent to an activating group) is 1. The van der Waals surface area contributed by atoms with E-state index in [9.17, 15) is 8.78 Å². The summed E-state index contributed by atoms with van der Waals surface area (Å²) in [5.74, 6) is 0.273. The molecule has 8 nitrogen and oxygen atoms in total. The van der Waals surface area contributed by atoms with Crippen molar-refractivity contribution in [3.63, 3.8) is 0 Å². The van der Waals surface area contributed by atoms with Gasteiger partial charge in [-0.15, -0.1) is 0 Å². The molecule has 1 aromatic carbocycles. The molecule has 0 radical (unpaired) electrons. The molecule has 4 heterocycles. The molecule has 1 saturated heterocycles. The van der Waals surface area contributed by atoms with Crippen LogP contribution in [0.4, 0.5) is 20.5 Å². The predicted molar refractivity (Wildman–Crippen MR) is 150 cm³/mol. The third kappa shape index (κ3) is 5.62. The Kier molecular flexibility index (Phi) is 7.86. The van der Waals surface area contributed by atoms with Crippen molar-refractivity contribution >= 4 is 22.8 Å². The lowest BCUT2D eigenvalue weighted by Crippen LogP contribution is -2.32. The molecule has 1 N–H and O–H groups in total. The number of hydrogen-bond acceptors (Lipinski definition) is 7. The lowest BCUT2D eigenvalue weighted by Gasteiger charge is -2.28. The minimum atomic E-state index is -0.636. The Bertz CT molecular complexity index is 1450. The molecular weight excluding hydrogens is 498 g/mol. The van der Waals surface area contributed by atoms with E-state index in [2.05, 4.69) is 48.9 Å². The summed E-state index contributed by atoms with van der Waals surface area (Å²) >= 11 is 0. The van der Waals surface area contributed by atoms with E-state index < -0.39 is 11.6 Å². The summed E-state index contributed by atoms with van der Waals surface area (Å²) in [5.41, 5.74) is 2.32. The fourth-order valence-corrected chi connectivity index (χ4v) is 5.43. The topological polar surface area (TPSA) is 75.0 Å². The van der Waals surface area contributed by atoms with Crippen molar-refractivity contribution in [3.8, 4) is 11.3 Å². The minimum absolute atomic E-state index is 0.00925. The molecule has 1 aliphatic rings. The van der Waals surface area contributed by atoms with Crippen molar-refractivity contribution in [2.45, 2.75) is 53.1 Å². The van der Waals surface area contributed by atoms with Crippen molar-refractivity contribution in [2.75, 3.05) is 38.0 Å². The van der Waals surface area contributed by atoms with Crippen molar-refractivity contribution in [1.29, 1.82) is 0 Å². The molecule has 10 heteroatoms. The number of aromatic nitrogens is 5. The summed E-state index contributed by atoms with van der Waals surface area (Å²) in [6.45, 7) is 15.7. The summed E-state index contributed by atoms with van der Waals surface area (Å²) in [6, 6.07) is 7.25. The Morgan fingerprint density at radius 3 is 2.49 bits per heavy atom. The normalized spacial score (nSPS) is 16.1. The molecule has 1 aliphatic heterocycles.